The molecular formula is C14H19NO5. The quantitative estimate of drug-likeness (QED) is 0.678. The number of fused-ring (bicyclic) bond motifs is 3. The number of nitriles is 1. The Balaban J connectivity index is 1.93. The number of hydrogen-bond acceptors (Lipinski definition) is 6. The summed E-state index contributed by atoms with van der Waals surface area (Å²) in [6, 6.07) is 1.96. The molecule has 0 unspecified atom stereocenters. The summed E-state index contributed by atoms with van der Waals surface area (Å²) < 4.78 is 29.4. The standard InChI is InChI=1S/C14H19NO5/c1-12(2)16-8-9-10(18-12)11-14(17-9,6-5-7-15)20-13(3,4)19-11/h5-6,9-11H,8H2,1-4H3/b6-5-/t9-,10+,11-,14-/m0/s1. The molecule has 3 saturated heterocycles. The van der Waals surface area contributed by atoms with E-state index in [0.29, 0.717) is 6.61 Å². The van der Waals surface area contributed by atoms with Crippen LogP contribution in [0.25, 0.3) is 0 Å². The summed E-state index contributed by atoms with van der Waals surface area (Å²) in [4.78, 5) is 0. The van der Waals surface area contributed by atoms with Gasteiger partial charge in [-0.25, -0.2) is 0 Å². The summed E-state index contributed by atoms with van der Waals surface area (Å²) >= 11 is 0. The number of ether oxygens (including phenoxy) is 5. The summed E-state index contributed by atoms with van der Waals surface area (Å²) in [7, 11) is 0. The minimum atomic E-state index is -1.08. The molecule has 3 aliphatic heterocycles. The van der Waals surface area contributed by atoms with Gasteiger partial charge in [-0.1, -0.05) is 0 Å². The summed E-state index contributed by atoms with van der Waals surface area (Å²) in [6.45, 7) is 7.75. The van der Waals surface area contributed by atoms with E-state index in [2.05, 4.69) is 0 Å². The molecule has 6 heteroatoms. The molecule has 0 aromatic heterocycles. The van der Waals surface area contributed by atoms with Crippen molar-refractivity contribution in [1.29, 1.82) is 5.26 Å². The summed E-state index contributed by atoms with van der Waals surface area (Å²) in [5.41, 5.74) is 0. The van der Waals surface area contributed by atoms with E-state index in [4.69, 9.17) is 28.9 Å². The van der Waals surface area contributed by atoms with Gasteiger partial charge in [-0.15, -0.1) is 0 Å². The van der Waals surface area contributed by atoms with Crippen LogP contribution < -0.4 is 0 Å². The van der Waals surface area contributed by atoms with E-state index >= 15 is 0 Å². The molecule has 0 N–H and O–H groups in total. The van der Waals surface area contributed by atoms with E-state index < -0.39 is 23.5 Å². The Hall–Kier alpha value is -0.970. The second-order valence-electron chi connectivity index (χ2n) is 6.17. The fourth-order valence-electron chi connectivity index (χ4n) is 2.97. The topological polar surface area (TPSA) is 69.9 Å². The van der Waals surface area contributed by atoms with Crippen molar-refractivity contribution in [3.63, 3.8) is 0 Å². The fourth-order valence-corrected chi connectivity index (χ4v) is 2.97. The van der Waals surface area contributed by atoms with Crippen molar-refractivity contribution in [1.82, 2.24) is 0 Å². The van der Waals surface area contributed by atoms with E-state index in [1.165, 1.54) is 6.08 Å². The molecule has 3 rings (SSSR count). The minimum absolute atomic E-state index is 0.271. The van der Waals surface area contributed by atoms with Crippen LogP contribution in [0.3, 0.4) is 0 Å². The normalized spacial score (nSPS) is 45.0. The van der Waals surface area contributed by atoms with Crippen molar-refractivity contribution in [3.05, 3.63) is 12.2 Å². The van der Waals surface area contributed by atoms with Crippen molar-refractivity contribution >= 4 is 0 Å². The van der Waals surface area contributed by atoms with Gasteiger partial charge >= 0.3 is 0 Å². The van der Waals surface area contributed by atoms with Gasteiger partial charge in [0.05, 0.1) is 12.7 Å². The van der Waals surface area contributed by atoms with Crippen LogP contribution in [0.5, 0.6) is 0 Å². The Labute approximate surface area is 118 Å². The van der Waals surface area contributed by atoms with Crippen molar-refractivity contribution in [3.8, 4) is 6.07 Å². The van der Waals surface area contributed by atoms with Gasteiger partial charge in [0.25, 0.3) is 0 Å². The van der Waals surface area contributed by atoms with Crippen molar-refractivity contribution in [2.45, 2.75) is 63.4 Å². The highest BCUT2D eigenvalue weighted by Gasteiger charge is 2.66. The van der Waals surface area contributed by atoms with Crippen LogP contribution in [-0.2, 0) is 23.7 Å². The Bertz CT molecular complexity index is 480. The average molecular weight is 281 g/mol. The lowest BCUT2D eigenvalue weighted by molar-refractivity contribution is -0.323. The molecule has 0 bridgehead atoms. The zero-order valence-corrected chi connectivity index (χ0v) is 12.1. The Morgan fingerprint density at radius 1 is 1.10 bits per heavy atom. The maximum Gasteiger partial charge on any atom is 0.221 e. The van der Waals surface area contributed by atoms with E-state index in [9.17, 15) is 0 Å². The molecule has 0 radical (unpaired) electrons. The highest BCUT2D eigenvalue weighted by atomic mass is 16.9. The molecule has 0 saturated carbocycles. The van der Waals surface area contributed by atoms with E-state index in [1.54, 1.807) is 6.08 Å². The van der Waals surface area contributed by atoms with Gasteiger partial charge in [-0.2, -0.15) is 5.26 Å². The summed E-state index contributed by atoms with van der Waals surface area (Å²) in [5.74, 6) is -2.56. The third-order valence-electron chi connectivity index (χ3n) is 3.62. The van der Waals surface area contributed by atoms with Crippen molar-refractivity contribution in [2.75, 3.05) is 6.61 Å². The number of nitrogens with zero attached hydrogens (tertiary/aromatic N) is 1. The molecule has 0 aliphatic carbocycles. The van der Waals surface area contributed by atoms with E-state index in [1.807, 2.05) is 33.8 Å². The van der Waals surface area contributed by atoms with Gasteiger partial charge in [0.15, 0.2) is 11.6 Å². The molecule has 0 aromatic rings. The minimum Gasteiger partial charge on any atom is -0.348 e. The summed E-state index contributed by atoms with van der Waals surface area (Å²) in [5, 5.41) is 8.77. The number of allylic oxidation sites excluding steroid dienone is 1. The van der Waals surface area contributed by atoms with Crippen molar-refractivity contribution < 1.29 is 23.7 Å². The maximum absolute atomic E-state index is 8.77. The predicted molar refractivity (Wildman–Crippen MR) is 67.3 cm³/mol. The van der Waals surface area contributed by atoms with E-state index in [0.717, 1.165) is 0 Å². The first-order valence-electron chi connectivity index (χ1n) is 6.72. The van der Waals surface area contributed by atoms with Crippen LogP contribution >= 0.6 is 0 Å². The van der Waals surface area contributed by atoms with Gasteiger partial charge in [-0.05, 0) is 33.8 Å². The first-order valence-corrected chi connectivity index (χ1v) is 6.72. The number of hydrogen-bond donors (Lipinski definition) is 0. The molecule has 0 aromatic carbocycles. The molecule has 3 fully saturated rings. The molecule has 0 spiro atoms. The van der Waals surface area contributed by atoms with Crippen molar-refractivity contribution in [2.24, 2.45) is 0 Å². The molecule has 6 nitrogen and oxygen atoms in total. The Morgan fingerprint density at radius 2 is 1.85 bits per heavy atom. The molecular weight excluding hydrogens is 262 g/mol. The molecule has 20 heavy (non-hydrogen) atoms. The lowest BCUT2D eigenvalue weighted by Gasteiger charge is -2.38. The van der Waals surface area contributed by atoms with Gasteiger partial charge in [-0.3, -0.25) is 0 Å². The Kier molecular flexibility index (Phi) is 2.98. The summed E-state index contributed by atoms with van der Waals surface area (Å²) in [6.07, 6.45) is 1.97. The second kappa shape index (κ2) is 4.26. The molecule has 0 amide bonds. The lowest BCUT2D eigenvalue weighted by atomic mass is 10.0. The monoisotopic (exact) mass is 281 g/mol. The third-order valence-corrected chi connectivity index (χ3v) is 3.62. The van der Waals surface area contributed by atoms with Crippen LogP contribution in [0, 0.1) is 11.3 Å². The molecule has 4 atom stereocenters. The van der Waals surface area contributed by atoms with Crippen LogP contribution in [0.15, 0.2) is 12.2 Å². The van der Waals surface area contributed by atoms with Gasteiger partial charge in [0.2, 0.25) is 5.79 Å². The zero-order valence-electron chi connectivity index (χ0n) is 12.1. The van der Waals surface area contributed by atoms with E-state index in [-0.39, 0.29) is 12.2 Å². The van der Waals surface area contributed by atoms with Gasteiger partial charge < -0.3 is 23.7 Å². The average Bonchev–Trinajstić information content (AvgIpc) is 2.74. The zero-order chi connectivity index (χ0) is 14.6. The van der Waals surface area contributed by atoms with Crippen LogP contribution in [0.1, 0.15) is 27.7 Å². The van der Waals surface area contributed by atoms with Crippen LogP contribution in [-0.4, -0.2) is 42.3 Å². The maximum atomic E-state index is 8.77. The molecule has 110 valence electrons. The third kappa shape index (κ3) is 2.16. The first-order chi connectivity index (χ1) is 9.27. The molecule has 3 aliphatic rings. The largest absolute Gasteiger partial charge is 0.348 e. The SMILES string of the molecule is CC1(C)OC[C@@H]2O[C@@]3(/C=C\C#N)OC(C)(C)O[C@H]3[C@@H]2O1. The van der Waals surface area contributed by atoms with Crippen LogP contribution in [0.2, 0.25) is 0 Å². The van der Waals surface area contributed by atoms with Crippen LogP contribution in [0.4, 0.5) is 0 Å². The predicted octanol–water partition coefficient (Wildman–Crippen LogP) is 1.46. The fraction of sp³-hybridized carbons (Fsp3) is 0.786. The van der Waals surface area contributed by atoms with Gasteiger partial charge in [0.1, 0.15) is 18.3 Å². The van der Waals surface area contributed by atoms with Gasteiger partial charge in [0, 0.05) is 6.08 Å². The Morgan fingerprint density at radius 3 is 2.55 bits per heavy atom. The highest BCUT2D eigenvalue weighted by Crippen LogP contribution is 2.49. The highest BCUT2D eigenvalue weighted by molar-refractivity contribution is 5.18. The molecule has 3 heterocycles. The lowest BCUT2D eigenvalue weighted by Crippen LogP contribution is -2.51. The first kappa shape index (κ1) is 14.0. The second-order valence-corrected chi connectivity index (χ2v) is 6.17. The smallest absolute Gasteiger partial charge is 0.221 e. The number of rotatable bonds is 1.